The van der Waals surface area contributed by atoms with Crippen LogP contribution in [0, 0.1) is 0 Å². The summed E-state index contributed by atoms with van der Waals surface area (Å²) in [6, 6.07) is 11.5. The van der Waals surface area contributed by atoms with Crippen LogP contribution in [0.4, 0.5) is 5.69 Å². The normalized spacial score (nSPS) is 16.8. The summed E-state index contributed by atoms with van der Waals surface area (Å²) in [6.07, 6.45) is 0. The monoisotopic (exact) mass is 415 g/mol. The number of benzene rings is 1. The van der Waals surface area contributed by atoms with Crippen molar-refractivity contribution in [2.45, 2.75) is 26.8 Å². The van der Waals surface area contributed by atoms with E-state index < -0.39 is 0 Å². The van der Waals surface area contributed by atoms with E-state index >= 15 is 0 Å². The van der Waals surface area contributed by atoms with Gasteiger partial charge in [-0.3, -0.25) is 9.69 Å². The summed E-state index contributed by atoms with van der Waals surface area (Å²) in [7, 11) is 1.63. The number of anilines is 1. The van der Waals surface area contributed by atoms with Gasteiger partial charge in [0.1, 0.15) is 5.75 Å². The van der Waals surface area contributed by atoms with Crippen molar-refractivity contribution in [2.75, 3.05) is 25.1 Å². The van der Waals surface area contributed by atoms with E-state index in [1.165, 1.54) is 0 Å². The molecule has 0 saturated carbocycles. The van der Waals surface area contributed by atoms with Crippen molar-refractivity contribution < 1.29 is 9.53 Å². The second-order valence-electron chi connectivity index (χ2n) is 6.38. The van der Waals surface area contributed by atoms with Gasteiger partial charge in [0.15, 0.2) is 5.11 Å². The molecule has 148 valence electrons. The molecule has 3 rings (SSSR count). The number of nitrogens with zero attached hydrogens (tertiary/aromatic N) is 2. The molecule has 0 bridgehead atoms. The SMILES string of the molecule is CCN(CC)C(=O)C1=C(C)N(c2ccccc2OC)C(=S)NC1c1cccs1. The molecule has 1 amide bonds. The summed E-state index contributed by atoms with van der Waals surface area (Å²) in [5, 5.41) is 5.96. The van der Waals surface area contributed by atoms with Gasteiger partial charge >= 0.3 is 0 Å². The summed E-state index contributed by atoms with van der Waals surface area (Å²) in [4.78, 5) is 18.3. The number of ether oxygens (including phenoxy) is 1. The van der Waals surface area contributed by atoms with E-state index in [-0.39, 0.29) is 11.9 Å². The summed E-state index contributed by atoms with van der Waals surface area (Å²) in [5.41, 5.74) is 2.35. The van der Waals surface area contributed by atoms with Crippen molar-refractivity contribution in [1.82, 2.24) is 10.2 Å². The first-order chi connectivity index (χ1) is 13.5. The first kappa shape index (κ1) is 20.4. The number of hydrogen-bond donors (Lipinski definition) is 1. The van der Waals surface area contributed by atoms with Crippen LogP contribution in [0.2, 0.25) is 0 Å². The van der Waals surface area contributed by atoms with Gasteiger partial charge in [-0.1, -0.05) is 18.2 Å². The van der Waals surface area contributed by atoms with Crippen LogP contribution in [0.5, 0.6) is 5.75 Å². The van der Waals surface area contributed by atoms with E-state index in [4.69, 9.17) is 17.0 Å². The summed E-state index contributed by atoms with van der Waals surface area (Å²) in [5.74, 6) is 0.728. The molecule has 7 heteroatoms. The van der Waals surface area contributed by atoms with Crippen molar-refractivity contribution in [3.05, 3.63) is 57.9 Å². The lowest BCUT2D eigenvalue weighted by atomic mass is 9.98. The fourth-order valence-corrected chi connectivity index (χ4v) is 4.61. The van der Waals surface area contributed by atoms with Crippen molar-refractivity contribution in [3.63, 3.8) is 0 Å². The van der Waals surface area contributed by atoms with E-state index in [0.717, 1.165) is 16.3 Å². The standard InChI is InChI=1S/C21H25N3O2S2/c1-5-23(6-2)20(25)18-14(3)24(15-10-7-8-11-16(15)26-4)21(27)22-19(18)17-12-9-13-28-17/h7-13,19H,5-6H2,1-4H3,(H,22,27). The predicted molar refractivity (Wildman–Crippen MR) is 119 cm³/mol. The van der Waals surface area contributed by atoms with Crippen LogP contribution in [0.15, 0.2) is 53.0 Å². The van der Waals surface area contributed by atoms with E-state index in [0.29, 0.717) is 29.5 Å². The zero-order chi connectivity index (χ0) is 20.3. The molecule has 1 N–H and O–H groups in total. The highest BCUT2D eigenvalue weighted by Crippen LogP contribution is 2.39. The molecule has 1 aromatic heterocycles. The fourth-order valence-electron chi connectivity index (χ4n) is 3.47. The van der Waals surface area contributed by atoms with E-state index in [1.807, 2.05) is 72.3 Å². The molecule has 2 aromatic rings. The van der Waals surface area contributed by atoms with Gasteiger partial charge in [0, 0.05) is 23.7 Å². The lowest BCUT2D eigenvalue weighted by Gasteiger charge is -2.39. The van der Waals surface area contributed by atoms with Gasteiger partial charge in [-0.2, -0.15) is 0 Å². The van der Waals surface area contributed by atoms with Gasteiger partial charge in [0.05, 0.1) is 24.4 Å². The Morgan fingerprint density at radius 3 is 2.57 bits per heavy atom. The Bertz CT molecular complexity index is 889. The number of rotatable bonds is 6. The van der Waals surface area contributed by atoms with Gasteiger partial charge in [0.2, 0.25) is 0 Å². The quantitative estimate of drug-likeness (QED) is 0.712. The van der Waals surface area contributed by atoms with Crippen molar-refractivity contribution in [1.29, 1.82) is 0 Å². The molecular formula is C21H25N3O2S2. The Kier molecular flexibility index (Phi) is 6.36. The molecule has 1 aromatic carbocycles. The molecule has 0 spiro atoms. The average molecular weight is 416 g/mol. The van der Waals surface area contributed by atoms with Crippen molar-refractivity contribution >= 4 is 40.3 Å². The second-order valence-corrected chi connectivity index (χ2v) is 7.75. The Hall–Kier alpha value is -2.38. The molecule has 1 aliphatic heterocycles. The Morgan fingerprint density at radius 2 is 1.96 bits per heavy atom. The lowest BCUT2D eigenvalue weighted by Crippen LogP contribution is -2.49. The molecule has 1 unspecified atom stereocenters. The fraction of sp³-hybridized carbons (Fsp3) is 0.333. The van der Waals surface area contributed by atoms with Gasteiger partial charge in [-0.25, -0.2) is 0 Å². The maximum absolute atomic E-state index is 13.4. The highest BCUT2D eigenvalue weighted by atomic mass is 32.1. The molecule has 1 aliphatic rings. The Balaban J connectivity index is 2.18. The van der Waals surface area contributed by atoms with Gasteiger partial charge in [0.25, 0.3) is 5.91 Å². The molecule has 0 aliphatic carbocycles. The Morgan fingerprint density at radius 1 is 1.25 bits per heavy atom. The van der Waals surface area contributed by atoms with Crippen LogP contribution in [0.25, 0.3) is 0 Å². The molecular weight excluding hydrogens is 390 g/mol. The van der Waals surface area contributed by atoms with Crippen LogP contribution >= 0.6 is 23.6 Å². The third kappa shape index (κ3) is 3.64. The molecule has 1 atom stereocenters. The zero-order valence-electron chi connectivity index (χ0n) is 16.6. The smallest absolute Gasteiger partial charge is 0.254 e. The number of carbonyl (C=O) groups excluding carboxylic acids is 1. The van der Waals surface area contributed by atoms with Gasteiger partial charge < -0.3 is 15.0 Å². The number of para-hydroxylation sites is 2. The van der Waals surface area contributed by atoms with Crippen LogP contribution < -0.4 is 15.0 Å². The Labute approximate surface area is 175 Å². The van der Waals surface area contributed by atoms with E-state index in [9.17, 15) is 4.79 Å². The number of allylic oxidation sites excluding steroid dienone is 1. The number of thiophene rings is 1. The average Bonchev–Trinajstić information content (AvgIpc) is 3.23. The first-order valence-electron chi connectivity index (χ1n) is 9.30. The molecule has 28 heavy (non-hydrogen) atoms. The van der Waals surface area contributed by atoms with Crippen LogP contribution in [-0.4, -0.2) is 36.1 Å². The number of likely N-dealkylation sites (N-methyl/N-ethyl adjacent to an activating group) is 1. The lowest BCUT2D eigenvalue weighted by molar-refractivity contribution is -0.127. The molecule has 0 radical (unpaired) electrons. The number of thiocarbonyl (C=S) groups is 1. The third-order valence-electron chi connectivity index (χ3n) is 4.92. The summed E-state index contributed by atoms with van der Waals surface area (Å²) < 4.78 is 5.53. The zero-order valence-corrected chi connectivity index (χ0v) is 18.2. The summed E-state index contributed by atoms with van der Waals surface area (Å²) >= 11 is 7.33. The maximum Gasteiger partial charge on any atom is 0.254 e. The van der Waals surface area contributed by atoms with Crippen LogP contribution in [-0.2, 0) is 4.79 Å². The third-order valence-corrected chi connectivity index (χ3v) is 6.16. The molecule has 0 fully saturated rings. The topological polar surface area (TPSA) is 44.8 Å². The van der Waals surface area contributed by atoms with E-state index in [2.05, 4.69) is 5.32 Å². The molecule has 0 saturated heterocycles. The van der Waals surface area contributed by atoms with Crippen molar-refractivity contribution in [2.24, 2.45) is 0 Å². The number of nitrogens with one attached hydrogen (secondary N) is 1. The van der Waals surface area contributed by atoms with Gasteiger partial charge in [-0.05, 0) is 56.6 Å². The maximum atomic E-state index is 13.4. The van der Waals surface area contributed by atoms with Crippen LogP contribution in [0.1, 0.15) is 31.7 Å². The minimum atomic E-state index is -0.258. The number of hydrogen-bond acceptors (Lipinski definition) is 4. The minimum absolute atomic E-state index is 0.0239. The predicted octanol–water partition coefficient (Wildman–Crippen LogP) is 4.33. The minimum Gasteiger partial charge on any atom is -0.495 e. The first-order valence-corrected chi connectivity index (χ1v) is 10.6. The number of carbonyl (C=O) groups is 1. The summed E-state index contributed by atoms with van der Waals surface area (Å²) in [6.45, 7) is 7.26. The number of methoxy groups -OCH3 is 1. The largest absolute Gasteiger partial charge is 0.495 e. The highest BCUT2D eigenvalue weighted by Gasteiger charge is 2.37. The van der Waals surface area contributed by atoms with E-state index in [1.54, 1.807) is 18.4 Å². The molecule has 5 nitrogen and oxygen atoms in total. The van der Waals surface area contributed by atoms with Crippen LogP contribution in [0.3, 0.4) is 0 Å². The highest BCUT2D eigenvalue weighted by molar-refractivity contribution is 7.80. The second kappa shape index (κ2) is 8.75. The van der Waals surface area contributed by atoms with Crippen molar-refractivity contribution in [3.8, 4) is 5.75 Å². The molecule has 2 heterocycles. The number of amides is 1. The van der Waals surface area contributed by atoms with Gasteiger partial charge in [-0.15, -0.1) is 11.3 Å².